The van der Waals surface area contributed by atoms with Crippen molar-refractivity contribution >= 4 is 5.91 Å². The maximum absolute atomic E-state index is 12.4. The molecule has 2 rings (SSSR count). The molecular formula is C17H26N2O. The number of rotatable bonds is 4. The molecule has 1 fully saturated rings. The molecular weight excluding hydrogens is 248 g/mol. The average molecular weight is 274 g/mol. The van der Waals surface area contributed by atoms with Gasteiger partial charge in [0.25, 0.3) is 0 Å². The van der Waals surface area contributed by atoms with E-state index in [0.717, 1.165) is 25.9 Å². The van der Waals surface area contributed by atoms with Crippen LogP contribution in [-0.2, 0) is 4.79 Å². The molecule has 110 valence electrons. The van der Waals surface area contributed by atoms with Crippen LogP contribution >= 0.6 is 0 Å². The van der Waals surface area contributed by atoms with Crippen molar-refractivity contribution in [3.63, 3.8) is 0 Å². The molecule has 0 radical (unpaired) electrons. The molecule has 3 nitrogen and oxygen atoms in total. The van der Waals surface area contributed by atoms with Gasteiger partial charge >= 0.3 is 0 Å². The van der Waals surface area contributed by atoms with E-state index in [0.29, 0.717) is 24.3 Å². The third kappa shape index (κ3) is 3.60. The Kier molecular flexibility index (Phi) is 5.18. The fourth-order valence-electron chi connectivity index (χ4n) is 3.06. The summed E-state index contributed by atoms with van der Waals surface area (Å²) in [6.07, 6.45) is 2.76. The molecule has 1 heterocycles. The zero-order valence-corrected chi connectivity index (χ0v) is 12.9. The smallest absolute Gasteiger partial charge is 0.223 e. The summed E-state index contributed by atoms with van der Waals surface area (Å²) in [5.41, 5.74) is 2.58. The van der Waals surface area contributed by atoms with Gasteiger partial charge in [-0.15, -0.1) is 0 Å². The first kappa shape index (κ1) is 15.0. The monoisotopic (exact) mass is 274 g/mol. The highest BCUT2D eigenvalue weighted by atomic mass is 16.2. The Bertz CT molecular complexity index is 450. The Morgan fingerprint density at radius 3 is 2.60 bits per heavy atom. The topological polar surface area (TPSA) is 32.3 Å². The maximum Gasteiger partial charge on any atom is 0.223 e. The van der Waals surface area contributed by atoms with E-state index < -0.39 is 0 Å². The van der Waals surface area contributed by atoms with E-state index in [-0.39, 0.29) is 0 Å². The highest BCUT2D eigenvalue weighted by Crippen LogP contribution is 2.24. The second-order valence-corrected chi connectivity index (χ2v) is 5.91. The van der Waals surface area contributed by atoms with E-state index in [2.05, 4.69) is 43.4 Å². The van der Waals surface area contributed by atoms with Crippen molar-refractivity contribution in [1.82, 2.24) is 10.2 Å². The third-order valence-electron chi connectivity index (χ3n) is 4.46. The van der Waals surface area contributed by atoms with Crippen LogP contribution in [0.3, 0.4) is 0 Å². The van der Waals surface area contributed by atoms with Crippen LogP contribution in [-0.4, -0.2) is 37.0 Å². The number of carbonyl (C=O) groups is 1. The summed E-state index contributed by atoms with van der Waals surface area (Å²) in [6, 6.07) is 8.94. The minimum Gasteiger partial charge on any atom is -0.343 e. The molecule has 0 aromatic heterocycles. The molecule has 1 unspecified atom stereocenters. The van der Waals surface area contributed by atoms with Gasteiger partial charge in [-0.25, -0.2) is 0 Å². The molecule has 1 amide bonds. The largest absolute Gasteiger partial charge is 0.343 e. The second-order valence-electron chi connectivity index (χ2n) is 5.91. The minimum absolute atomic E-state index is 0.297. The summed E-state index contributed by atoms with van der Waals surface area (Å²) in [5.74, 6) is 0.598. The first-order valence-corrected chi connectivity index (χ1v) is 7.62. The standard InChI is InChI=1S/C17H26N2O/c1-13-6-4-5-7-16(13)14(2)12-17(20)19-10-8-15(18-3)9-11-19/h4-7,14-15,18H,8-12H2,1-3H3. The van der Waals surface area contributed by atoms with Crippen molar-refractivity contribution in [2.75, 3.05) is 20.1 Å². The number of amides is 1. The molecule has 1 aliphatic rings. The Labute approximate surface area is 122 Å². The Morgan fingerprint density at radius 1 is 1.35 bits per heavy atom. The molecule has 1 aromatic rings. The second kappa shape index (κ2) is 6.89. The van der Waals surface area contributed by atoms with Crippen molar-refractivity contribution in [2.24, 2.45) is 0 Å². The van der Waals surface area contributed by atoms with Crippen LogP contribution < -0.4 is 5.32 Å². The van der Waals surface area contributed by atoms with Crippen LogP contribution in [0.25, 0.3) is 0 Å². The number of nitrogens with zero attached hydrogens (tertiary/aromatic N) is 1. The van der Waals surface area contributed by atoms with Crippen LogP contribution in [0.5, 0.6) is 0 Å². The summed E-state index contributed by atoms with van der Waals surface area (Å²) in [7, 11) is 2.00. The van der Waals surface area contributed by atoms with Gasteiger partial charge in [0.2, 0.25) is 5.91 Å². The van der Waals surface area contributed by atoms with Crippen LogP contribution in [0.1, 0.15) is 43.2 Å². The van der Waals surface area contributed by atoms with Gasteiger partial charge in [0.1, 0.15) is 0 Å². The predicted molar refractivity (Wildman–Crippen MR) is 82.9 cm³/mol. The number of nitrogens with one attached hydrogen (secondary N) is 1. The predicted octanol–water partition coefficient (Wildman–Crippen LogP) is 2.70. The van der Waals surface area contributed by atoms with E-state index >= 15 is 0 Å². The number of hydrogen-bond acceptors (Lipinski definition) is 2. The summed E-state index contributed by atoms with van der Waals surface area (Å²) in [4.78, 5) is 14.4. The maximum atomic E-state index is 12.4. The number of piperidine rings is 1. The lowest BCUT2D eigenvalue weighted by atomic mass is 9.93. The highest BCUT2D eigenvalue weighted by Gasteiger charge is 2.23. The zero-order chi connectivity index (χ0) is 14.5. The number of carbonyl (C=O) groups excluding carboxylic acids is 1. The fourth-order valence-corrected chi connectivity index (χ4v) is 3.06. The number of benzene rings is 1. The summed E-state index contributed by atoms with van der Waals surface area (Å²) in [5, 5.41) is 3.30. The SMILES string of the molecule is CNC1CCN(C(=O)CC(C)c2ccccc2C)CC1. The highest BCUT2D eigenvalue weighted by molar-refractivity contribution is 5.77. The summed E-state index contributed by atoms with van der Waals surface area (Å²) < 4.78 is 0. The van der Waals surface area contributed by atoms with Crippen molar-refractivity contribution in [3.05, 3.63) is 35.4 Å². The van der Waals surface area contributed by atoms with Gasteiger partial charge in [0.05, 0.1) is 0 Å². The normalized spacial score (nSPS) is 18.1. The molecule has 1 aromatic carbocycles. The molecule has 1 atom stereocenters. The number of likely N-dealkylation sites (tertiary alicyclic amines) is 1. The van der Waals surface area contributed by atoms with Gasteiger partial charge in [0.15, 0.2) is 0 Å². The molecule has 3 heteroatoms. The quantitative estimate of drug-likeness (QED) is 0.915. The third-order valence-corrected chi connectivity index (χ3v) is 4.46. The van der Waals surface area contributed by atoms with Gasteiger partial charge in [-0.1, -0.05) is 31.2 Å². The zero-order valence-electron chi connectivity index (χ0n) is 12.9. The molecule has 0 aliphatic carbocycles. The summed E-state index contributed by atoms with van der Waals surface area (Å²) >= 11 is 0. The van der Waals surface area contributed by atoms with E-state index in [4.69, 9.17) is 0 Å². The summed E-state index contributed by atoms with van der Waals surface area (Å²) in [6.45, 7) is 6.06. The van der Waals surface area contributed by atoms with Gasteiger partial charge in [-0.3, -0.25) is 4.79 Å². The molecule has 1 saturated heterocycles. The first-order valence-electron chi connectivity index (χ1n) is 7.62. The van der Waals surface area contributed by atoms with Crippen LogP contribution in [0.2, 0.25) is 0 Å². The lowest BCUT2D eigenvalue weighted by Crippen LogP contribution is -2.44. The number of aryl methyl sites for hydroxylation is 1. The Balaban J connectivity index is 1.90. The van der Waals surface area contributed by atoms with Crippen LogP contribution in [0.15, 0.2) is 24.3 Å². The minimum atomic E-state index is 0.297. The molecule has 0 saturated carbocycles. The van der Waals surface area contributed by atoms with E-state index in [1.54, 1.807) is 0 Å². The Hall–Kier alpha value is -1.35. The van der Waals surface area contributed by atoms with Crippen molar-refractivity contribution in [3.8, 4) is 0 Å². The van der Waals surface area contributed by atoms with Gasteiger partial charge in [0, 0.05) is 25.6 Å². The fraction of sp³-hybridized carbons (Fsp3) is 0.588. The lowest BCUT2D eigenvalue weighted by Gasteiger charge is -2.32. The first-order chi connectivity index (χ1) is 9.61. The van der Waals surface area contributed by atoms with Crippen molar-refractivity contribution in [2.45, 2.75) is 45.1 Å². The van der Waals surface area contributed by atoms with Gasteiger partial charge < -0.3 is 10.2 Å². The van der Waals surface area contributed by atoms with Gasteiger partial charge in [-0.2, -0.15) is 0 Å². The van der Waals surface area contributed by atoms with E-state index in [9.17, 15) is 4.79 Å². The molecule has 0 spiro atoms. The van der Waals surface area contributed by atoms with E-state index in [1.807, 2.05) is 11.9 Å². The van der Waals surface area contributed by atoms with Gasteiger partial charge in [-0.05, 0) is 43.9 Å². The molecule has 20 heavy (non-hydrogen) atoms. The van der Waals surface area contributed by atoms with E-state index in [1.165, 1.54) is 11.1 Å². The van der Waals surface area contributed by atoms with Crippen molar-refractivity contribution in [1.29, 1.82) is 0 Å². The van der Waals surface area contributed by atoms with Crippen LogP contribution in [0.4, 0.5) is 0 Å². The Morgan fingerprint density at radius 2 is 2.00 bits per heavy atom. The van der Waals surface area contributed by atoms with Crippen molar-refractivity contribution < 1.29 is 4.79 Å². The van der Waals surface area contributed by atoms with Crippen LogP contribution in [0, 0.1) is 6.92 Å². The number of hydrogen-bond donors (Lipinski definition) is 1. The molecule has 1 N–H and O–H groups in total. The lowest BCUT2D eigenvalue weighted by molar-refractivity contribution is -0.132. The molecule has 0 bridgehead atoms. The average Bonchev–Trinajstić information content (AvgIpc) is 2.47. The molecule has 1 aliphatic heterocycles.